The van der Waals surface area contributed by atoms with Crippen LogP contribution in [0.1, 0.15) is 5.56 Å². The van der Waals surface area contributed by atoms with Gasteiger partial charge in [0.15, 0.2) is 11.3 Å². The highest BCUT2D eigenvalue weighted by atomic mass is 19.1. The molecule has 0 fully saturated rings. The Hall–Kier alpha value is -3.94. The first-order valence-corrected chi connectivity index (χ1v) is 7.90. The molecule has 0 saturated carbocycles. The van der Waals surface area contributed by atoms with Gasteiger partial charge in [0.2, 0.25) is 11.7 Å². The van der Waals surface area contributed by atoms with E-state index in [4.69, 9.17) is 4.74 Å². The van der Waals surface area contributed by atoms with Crippen molar-refractivity contribution in [3.8, 4) is 0 Å². The number of carbonyl (C=O) groups is 2. The molecule has 0 saturated heterocycles. The molecule has 7 nitrogen and oxygen atoms in total. The van der Waals surface area contributed by atoms with Gasteiger partial charge in [0.05, 0.1) is 5.69 Å². The average Bonchev–Trinajstić information content (AvgIpc) is 3.19. The summed E-state index contributed by atoms with van der Waals surface area (Å²) in [5, 5.41) is 12.7. The Morgan fingerprint density at radius 2 is 2.07 bits per heavy atom. The number of carboxylic acids is 1. The fraction of sp³-hybridized carbons (Fsp3) is 0. The first-order valence-electron chi connectivity index (χ1n) is 7.90. The lowest BCUT2D eigenvalue weighted by Gasteiger charge is -2.08. The molecule has 0 spiro atoms. The largest absolute Gasteiger partial charge is 0.477 e. The van der Waals surface area contributed by atoms with Crippen LogP contribution >= 0.6 is 0 Å². The Labute approximate surface area is 151 Å². The number of fused-ring (bicyclic) bond motifs is 1. The van der Waals surface area contributed by atoms with Crippen molar-refractivity contribution >= 4 is 34.5 Å². The van der Waals surface area contributed by atoms with Crippen molar-refractivity contribution in [1.82, 2.24) is 9.97 Å². The third-order valence-corrected chi connectivity index (χ3v) is 4.00. The number of ether oxygens (including phenoxy) is 1. The van der Waals surface area contributed by atoms with Gasteiger partial charge < -0.3 is 20.1 Å². The molecule has 1 aromatic carbocycles. The number of hydrogen-bond donors (Lipinski definition) is 3. The summed E-state index contributed by atoms with van der Waals surface area (Å²) in [6, 6.07) is 9.21. The van der Waals surface area contributed by atoms with Gasteiger partial charge >= 0.3 is 5.97 Å². The highest BCUT2D eigenvalue weighted by Crippen LogP contribution is 2.30. The minimum atomic E-state index is -1.47. The number of aliphatic carboxylic acids is 1. The Bertz CT molecular complexity index is 1150. The molecular weight excluding hydrogens is 353 g/mol. The van der Waals surface area contributed by atoms with Crippen LogP contribution in [0.4, 0.5) is 10.1 Å². The number of H-pyrrole nitrogens is 1. The Kier molecular flexibility index (Phi) is 3.92. The molecule has 0 amide bonds. The van der Waals surface area contributed by atoms with Crippen molar-refractivity contribution in [3.63, 3.8) is 0 Å². The average molecular weight is 365 g/mol. The van der Waals surface area contributed by atoms with Gasteiger partial charge in [0.25, 0.3) is 0 Å². The predicted molar refractivity (Wildman–Crippen MR) is 94.8 cm³/mol. The second-order valence-corrected chi connectivity index (χ2v) is 5.70. The first kappa shape index (κ1) is 16.5. The molecule has 0 atom stereocenters. The van der Waals surface area contributed by atoms with E-state index >= 15 is 0 Å². The maximum atomic E-state index is 13.8. The van der Waals surface area contributed by atoms with E-state index in [1.165, 1.54) is 24.3 Å². The summed E-state index contributed by atoms with van der Waals surface area (Å²) in [4.78, 5) is 31.1. The van der Waals surface area contributed by atoms with E-state index in [1.807, 2.05) is 0 Å². The number of carbonyl (C=O) groups excluding carboxylic acids is 1. The van der Waals surface area contributed by atoms with Gasteiger partial charge in [-0.1, -0.05) is 12.1 Å². The molecule has 0 aliphatic carbocycles. The van der Waals surface area contributed by atoms with Crippen molar-refractivity contribution in [2.45, 2.75) is 0 Å². The molecule has 1 aliphatic rings. The zero-order valence-corrected chi connectivity index (χ0v) is 13.7. The van der Waals surface area contributed by atoms with Crippen LogP contribution in [0.25, 0.3) is 17.1 Å². The normalized spacial score (nSPS) is 15.4. The maximum Gasteiger partial charge on any atom is 0.345 e. The van der Waals surface area contributed by atoms with E-state index in [9.17, 15) is 19.1 Å². The van der Waals surface area contributed by atoms with Crippen LogP contribution in [-0.2, 0) is 14.3 Å². The van der Waals surface area contributed by atoms with Crippen LogP contribution in [0, 0.1) is 5.82 Å². The van der Waals surface area contributed by atoms with E-state index in [2.05, 4.69) is 15.3 Å². The summed E-state index contributed by atoms with van der Waals surface area (Å²) < 4.78 is 19.3. The number of hydrogen-bond acceptors (Lipinski definition) is 5. The number of aromatic amines is 1. The van der Waals surface area contributed by atoms with Gasteiger partial charge in [-0.3, -0.25) is 4.79 Å². The summed E-state index contributed by atoms with van der Waals surface area (Å²) in [5.74, 6) is -3.40. The van der Waals surface area contributed by atoms with Gasteiger partial charge in [-0.15, -0.1) is 0 Å². The van der Waals surface area contributed by atoms with Crippen LogP contribution in [0.2, 0.25) is 0 Å². The van der Waals surface area contributed by atoms with E-state index in [0.717, 1.165) is 5.39 Å². The molecule has 2 aromatic heterocycles. The summed E-state index contributed by atoms with van der Waals surface area (Å²) in [6.45, 7) is 0. The molecule has 8 heteroatoms. The van der Waals surface area contributed by atoms with Crippen molar-refractivity contribution in [2.75, 3.05) is 5.32 Å². The van der Waals surface area contributed by atoms with E-state index in [1.54, 1.807) is 30.6 Å². The fourth-order valence-electron chi connectivity index (χ4n) is 2.73. The van der Waals surface area contributed by atoms with Crippen molar-refractivity contribution in [3.05, 3.63) is 77.4 Å². The highest BCUT2D eigenvalue weighted by Gasteiger charge is 2.36. The summed E-state index contributed by atoms with van der Waals surface area (Å²) in [6.07, 6.45) is 4.67. The Morgan fingerprint density at radius 3 is 2.85 bits per heavy atom. The molecule has 3 aromatic rings. The molecule has 4 rings (SSSR count). The second-order valence-electron chi connectivity index (χ2n) is 5.70. The number of nitrogens with zero attached hydrogens (tertiary/aromatic N) is 1. The summed E-state index contributed by atoms with van der Waals surface area (Å²) >= 11 is 0. The molecule has 3 N–H and O–H groups in total. The molecule has 3 heterocycles. The minimum Gasteiger partial charge on any atom is -0.477 e. The van der Waals surface area contributed by atoms with Gasteiger partial charge in [0.1, 0.15) is 11.5 Å². The number of aromatic nitrogens is 2. The number of para-hydroxylation sites is 1. The fourth-order valence-corrected chi connectivity index (χ4v) is 2.73. The number of benzene rings is 1. The van der Waals surface area contributed by atoms with Crippen molar-refractivity contribution in [2.24, 2.45) is 0 Å². The standard InChI is InChI=1S/C19H12FN3O4/c20-12-5-1-2-6-13(12)23-18-15(19(25)26)16(24)14(27-18)8-10-9-22-17-11(10)4-3-7-21-17/h1-9,23H,(H,21,22)(H,25,26)/b14-8-. The molecule has 0 radical (unpaired) electrons. The third-order valence-electron chi connectivity index (χ3n) is 4.00. The van der Waals surface area contributed by atoms with Crippen LogP contribution < -0.4 is 5.32 Å². The second kappa shape index (κ2) is 6.41. The number of nitrogens with one attached hydrogen (secondary N) is 2. The lowest BCUT2D eigenvalue weighted by atomic mass is 10.1. The van der Waals surface area contributed by atoms with Crippen LogP contribution in [0.15, 0.2) is 66.0 Å². The smallest absolute Gasteiger partial charge is 0.345 e. The van der Waals surface area contributed by atoms with Gasteiger partial charge in [0, 0.05) is 23.3 Å². The maximum absolute atomic E-state index is 13.8. The number of pyridine rings is 1. The number of allylic oxidation sites excluding steroid dienone is 1. The quantitative estimate of drug-likeness (QED) is 0.485. The summed E-state index contributed by atoms with van der Waals surface area (Å²) in [5.41, 5.74) is 0.628. The van der Waals surface area contributed by atoms with Crippen molar-refractivity contribution < 1.29 is 23.8 Å². The molecular formula is C19H12FN3O4. The molecule has 1 aliphatic heterocycles. The first-order chi connectivity index (χ1) is 13.0. The van der Waals surface area contributed by atoms with Crippen LogP contribution in [0.3, 0.4) is 0 Å². The highest BCUT2D eigenvalue weighted by molar-refractivity contribution is 6.26. The number of ketones is 1. The van der Waals surface area contributed by atoms with Gasteiger partial charge in [-0.05, 0) is 30.3 Å². The molecule has 27 heavy (non-hydrogen) atoms. The lowest BCUT2D eigenvalue weighted by molar-refractivity contribution is -0.134. The van der Waals surface area contributed by atoms with E-state index < -0.39 is 23.1 Å². The molecule has 0 unspecified atom stereocenters. The number of Topliss-reactive ketones (excluding diaryl/α,β-unsaturated/α-hetero) is 1. The monoisotopic (exact) mass is 365 g/mol. The SMILES string of the molecule is O=C(O)C1=C(Nc2ccccc2F)O/C(=C\c2c[nH]c3ncccc23)C1=O. The van der Waals surface area contributed by atoms with E-state index in [-0.39, 0.29) is 17.3 Å². The Balaban J connectivity index is 1.71. The summed E-state index contributed by atoms with van der Waals surface area (Å²) in [7, 11) is 0. The Morgan fingerprint density at radius 1 is 1.26 bits per heavy atom. The zero-order valence-electron chi connectivity index (χ0n) is 13.7. The number of halogens is 1. The number of carboxylic acid groups (broad SMARTS) is 1. The van der Waals surface area contributed by atoms with Gasteiger partial charge in [-0.2, -0.15) is 0 Å². The van der Waals surface area contributed by atoms with E-state index in [0.29, 0.717) is 11.2 Å². The predicted octanol–water partition coefficient (Wildman–Crippen LogP) is 3.05. The number of rotatable bonds is 4. The molecule has 134 valence electrons. The van der Waals surface area contributed by atoms with Gasteiger partial charge in [-0.25, -0.2) is 14.2 Å². The third kappa shape index (κ3) is 2.93. The zero-order chi connectivity index (χ0) is 19.0. The lowest BCUT2D eigenvalue weighted by Crippen LogP contribution is -2.12. The van der Waals surface area contributed by atoms with Crippen LogP contribution in [-0.4, -0.2) is 26.8 Å². The van der Waals surface area contributed by atoms with Crippen LogP contribution in [0.5, 0.6) is 0 Å². The van der Waals surface area contributed by atoms with Crippen molar-refractivity contribution in [1.29, 1.82) is 0 Å². The molecule has 0 bridgehead atoms. The number of anilines is 1. The minimum absolute atomic E-state index is 0.00315. The topological polar surface area (TPSA) is 104 Å².